The second kappa shape index (κ2) is 11.2. The van der Waals surface area contributed by atoms with E-state index in [4.69, 9.17) is 10.5 Å². The van der Waals surface area contributed by atoms with E-state index in [2.05, 4.69) is 48.1 Å². The standard InChI is InChI=1S/C22H30N8O/c1-4-30(7-8-31-3)18-9-16(12-25-14-18)20(10-23)27-13-17(11-24-2)21-19-5-6-26-22(19)29-15-28-21/h5-6,9,11-15,20,27H,4,7-8,10,23H2,1-3H3,(H,26,28,29)/b17-13+,24-11?. The van der Waals surface area contributed by atoms with Gasteiger partial charge in [-0.3, -0.25) is 9.98 Å². The van der Waals surface area contributed by atoms with Crippen molar-refractivity contribution in [2.45, 2.75) is 13.0 Å². The number of hydrogen-bond donors (Lipinski definition) is 3. The largest absolute Gasteiger partial charge is 0.383 e. The van der Waals surface area contributed by atoms with Crippen LogP contribution >= 0.6 is 0 Å². The second-order valence-corrected chi connectivity index (χ2v) is 6.95. The summed E-state index contributed by atoms with van der Waals surface area (Å²) in [5, 5.41) is 4.35. The Morgan fingerprint density at radius 1 is 1.39 bits per heavy atom. The molecule has 9 heteroatoms. The number of hydrogen-bond acceptors (Lipinski definition) is 8. The van der Waals surface area contributed by atoms with Crippen LogP contribution in [-0.4, -0.2) is 66.5 Å². The number of nitrogens with two attached hydrogens (primary N) is 1. The number of rotatable bonds is 11. The van der Waals surface area contributed by atoms with Crippen LogP contribution in [0.5, 0.6) is 0 Å². The number of aliphatic imine (C=N–C) groups is 1. The van der Waals surface area contributed by atoms with Crippen LogP contribution in [0.4, 0.5) is 5.69 Å². The average molecular weight is 423 g/mol. The third-order valence-electron chi connectivity index (χ3n) is 5.03. The molecule has 3 rings (SSSR count). The van der Waals surface area contributed by atoms with Crippen molar-refractivity contribution in [3.8, 4) is 0 Å². The summed E-state index contributed by atoms with van der Waals surface area (Å²) < 4.78 is 5.22. The summed E-state index contributed by atoms with van der Waals surface area (Å²) >= 11 is 0. The molecule has 164 valence electrons. The van der Waals surface area contributed by atoms with Gasteiger partial charge in [0.1, 0.15) is 12.0 Å². The first-order chi connectivity index (χ1) is 15.2. The number of methoxy groups -OCH3 is 1. The number of aromatic amines is 1. The molecule has 1 atom stereocenters. The van der Waals surface area contributed by atoms with Crippen LogP contribution in [0.1, 0.15) is 24.2 Å². The van der Waals surface area contributed by atoms with E-state index in [1.165, 1.54) is 0 Å². The monoisotopic (exact) mass is 422 g/mol. The number of allylic oxidation sites excluding steroid dienone is 1. The highest BCUT2D eigenvalue weighted by atomic mass is 16.5. The molecule has 0 saturated carbocycles. The highest BCUT2D eigenvalue weighted by Gasteiger charge is 2.13. The van der Waals surface area contributed by atoms with Crippen molar-refractivity contribution in [1.29, 1.82) is 0 Å². The quantitative estimate of drug-likeness (QED) is 0.405. The third-order valence-corrected chi connectivity index (χ3v) is 5.03. The van der Waals surface area contributed by atoms with Gasteiger partial charge in [-0.15, -0.1) is 0 Å². The number of pyridine rings is 1. The minimum Gasteiger partial charge on any atom is -0.383 e. The Balaban J connectivity index is 1.86. The van der Waals surface area contributed by atoms with Crippen LogP contribution in [0.15, 0.2) is 48.2 Å². The van der Waals surface area contributed by atoms with Crippen molar-refractivity contribution in [2.75, 3.05) is 45.3 Å². The van der Waals surface area contributed by atoms with Gasteiger partial charge in [-0.05, 0) is 24.6 Å². The minimum atomic E-state index is -0.114. The van der Waals surface area contributed by atoms with Gasteiger partial charge in [0.25, 0.3) is 0 Å². The van der Waals surface area contributed by atoms with Gasteiger partial charge < -0.3 is 25.7 Å². The van der Waals surface area contributed by atoms with E-state index < -0.39 is 0 Å². The van der Waals surface area contributed by atoms with Crippen molar-refractivity contribution < 1.29 is 4.74 Å². The van der Waals surface area contributed by atoms with Gasteiger partial charge in [0.15, 0.2) is 0 Å². The van der Waals surface area contributed by atoms with Crippen LogP contribution in [0, 0.1) is 0 Å². The fourth-order valence-electron chi connectivity index (χ4n) is 3.38. The lowest BCUT2D eigenvalue weighted by atomic mass is 10.1. The van der Waals surface area contributed by atoms with Gasteiger partial charge in [0.05, 0.1) is 30.2 Å². The minimum absolute atomic E-state index is 0.114. The zero-order valence-electron chi connectivity index (χ0n) is 18.2. The van der Waals surface area contributed by atoms with E-state index in [0.717, 1.165) is 46.6 Å². The summed E-state index contributed by atoms with van der Waals surface area (Å²) in [4.78, 5) is 22.7. The average Bonchev–Trinajstić information content (AvgIpc) is 3.29. The number of fused-ring (bicyclic) bond motifs is 1. The Morgan fingerprint density at radius 2 is 2.26 bits per heavy atom. The number of likely N-dealkylation sites (N-methyl/N-ethyl adjacent to an activating group) is 1. The Morgan fingerprint density at radius 3 is 3.00 bits per heavy atom. The maximum atomic E-state index is 6.10. The van der Waals surface area contributed by atoms with Crippen molar-refractivity contribution in [3.05, 3.63) is 54.5 Å². The first kappa shape index (κ1) is 22.4. The van der Waals surface area contributed by atoms with Crippen molar-refractivity contribution in [3.63, 3.8) is 0 Å². The molecule has 31 heavy (non-hydrogen) atoms. The van der Waals surface area contributed by atoms with Crippen molar-refractivity contribution in [2.24, 2.45) is 10.7 Å². The fraction of sp³-hybridized carbons (Fsp3) is 0.364. The molecule has 0 aliphatic heterocycles. The highest BCUT2D eigenvalue weighted by Crippen LogP contribution is 2.22. The molecule has 1 unspecified atom stereocenters. The predicted octanol–water partition coefficient (Wildman–Crippen LogP) is 2.16. The Hall–Kier alpha value is -3.30. The topological polar surface area (TPSA) is 117 Å². The third kappa shape index (κ3) is 5.44. The Kier molecular flexibility index (Phi) is 8.08. The van der Waals surface area contributed by atoms with Crippen LogP contribution in [-0.2, 0) is 4.74 Å². The molecule has 3 aromatic heterocycles. The summed E-state index contributed by atoms with van der Waals surface area (Å²) in [6.45, 7) is 4.85. The van der Waals surface area contributed by atoms with E-state index in [9.17, 15) is 0 Å². The maximum absolute atomic E-state index is 6.10. The summed E-state index contributed by atoms with van der Waals surface area (Å²) in [6.07, 6.45) is 10.8. The Bertz CT molecular complexity index is 1030. The lowest BCUT2D eigenvalue weighted by Gasteiger charge is -2.24. The smallest absolute Gasteiger partial charge is 0.141 e. The molecular weight excluding hydrogens is 392 g/mol. The highest BCUT2D eigenvalue weighted by molar-refractivity contribution is 6.13. The van der Waals surface area contributed by atoms with Gasteiger partial charge >= 0.3 is 0 Å². The van der Waals surface area contributed by atoms with Crippen molar-refractivity contribution in [1.82, 2.24) is 25.3 Å². The number of nitrogens with zero attached hydrogens (tertiary/aromatic N) is 5. The fourth-order valence-corrected chi connectivity index (χ4v) is 3.38. The summed E-state index contributed by atoms with van der Waals surface area (Å²) in [6, 6.07) is 3.96. The summed E-state index contributed by atoms with van der Waals surface area (Å²) in [5.41, 5.74) is 10.6. The van der Waals surface area contributed by atoms with E-state index in [1.807, 2.05) is 30.9 Å². The predicted molar refractivity (Wildman–Crippen MR) is 125 cm³/mol. The zero-order valence-corrected chi connectivity index (χ0v) is 18.2. The number of ether oxygens (including phenoxy) is 1. The van der Waals surface area contributed by atoms with Crippen LogP contribution in [0.2, 0.25) is 0 Å². The molecule has 9 nitrogen and oxygen atoms in total. The lowest BCUT2D eigenvalue weighted by Crippen LogP contribution is -2.28. The van der Waals surface area contributed by atoms with Crippen LogP contribution < -0.4 is 16.0 Å². The van der Waals surface area contributed by atoms with Gasteiger partial charge in [0, 0.05) is 69.6 Å². The van der Waals surface area contributed by atoms with E-state index in [-0.39, 0.29) is 6.04 Å². The van der Waals surface area contributed by atoms with Gasteiger partial charge in [-0.25, -0.2) is 9.97 Å². The molecule has 0 aliphatic carbocycles. The van der Waals surface area contributed by atoms with Gasteiger partial charge in [-0.2, -0.15) is 0 Å². The van der Waals surface area contributed by atoms with Gasteiger partial charge in [0.2, 0.25) is 0 Å². The normalized spacial score (nSPS) is 13.1. The summed E-state index contributed by atoms with van der Waals surface area (Å²) in [7, 11) is 3.44. The van der Waals surface area contributed by atoms with Gasteiger partial charge in [-0.1, -0.05) is 0 Å². The number of nitrogens with one attached hydrogen (secondary N) is 2. The molecule has 0 aliphatic rings. The molecule has 4 N–H and O–H groups in total. The molecule has 3 heterocycles. The van der Waals surface area contributed by atoms with E-state index in [1.54, 1.807) is 26.7 Å². The first-order valence-electron chi connectivity index (χ1n) is 10.3. The molecule has 3 aromatic rings. The van der Waals surface area contributed by atoms with Crippen LogP contribution in [0.3, 0.4) is 0 Å². The zero-order chi connectivity index (χ0) is 22.1. The molecule has 0 fully saturated rings. The first-order valence-corrected chi connectivity index (χ1v) is 10.3. The molecule has 0 amide bonds. The SMILES string of the molecule is CCN(CCOC)c1cncc(C(CN)N/C=C(\C=NC)c2ncnc3[nH]ccc23)c1. The second-order valence-electron chi connectivity index (χ2n) is 6.95. The molecule has 0 saturated heterocycles. The lowest BCUT2D eigenvalue weighted by molar-refractivity contribution is 0.205. The molecular formula is C22H30N8O. The van der Waals surface area contributed by atoms with E-state index >= 15 is 0 Å². The molecule has 0 radical (unpaired) electrons. The maximum Gasteiger partial charge on any atom is 0.141 e. The number of H-pyrrole nitrogens is 1. The van der Waals surface area contributed by atoms with Crippen LogP contribution in [0.25, 0.3) is 16.6 Å². The summed E-state index contributed by atoms with van der Waals surface area (Å²) in [5.74, 6) is 0. The number of aromatic nitrogens is 4. The molecule has 0 bridgehead atoms. The van der Waals surface area contributed by atoms with Crippen molar-refractivity contribution >= 4 is 28.5 Å². The molecule has 0 spiro atoms. The van der Waals surface area contributed by atoms with E-state index in [0.29, 0.717) is 13.2 Å². The Labute approximate surface area is 182 Å². The molecule has 0 aromatic carbocycles. The number of anilines is 1.